The third-order valence-electron chi connectivity index (χ3n) is 27.5. The Labute approximate surface area is 827 Å². The molecule has 0 atom stereocenters. The van der Waals surface area contributed by atoms with Crippen molar-refractivity contribution in [1.82, 2.24) is 0 Å². The third kappa shape index (κ3) is 14.4. The van der Waals surface area contributed by atoms with Gasteiger partial charge in [0.05, 0.1) is 32.6 Å². The largest absolute Gasteiger partial charge is 0.458 e. The second kappa shape index (κ2) is 35.2. The molecule has 0 aromatic heterocycles. The second-order valence-electron chi connectivity index (χ2n) is 35.7. The van der Waals surface area contributed by atoms with E-state index in [1.807, 2.05) is 206 Å². The van der Waals surface area contributed by atoms with Crippen molar-refractivity contribution >= 4 is 137 Å². The summed E-state index contributed by atoms with van der Waals surface area (Å²) in [6.07, 6.45) is 0. The van der Waals surface area contributed by atoms with Gasteiger partial charge in [0.25, 0.3) is 6.71 Å². The molecule has 0 unspecified atom stereocenters. The number of para-hydroxylation sites is 6. The van der Waals surface area contributed by atoms with Gasteiger partial charge in [-0.3, -0.25) is 0 Å². The van der Waals surface area contributed by atoms with Crippen LogP contribution in [0.1, 0.15) is 0 Å². The lowest BCUT2D eigenvalue weighted by molar-refractivity contribution is 0.461. The number of hydrogen-bond donors (Lipinski definition) is 0. The van der Waals surface area contributed by atoms with Crippen LogP contribution in [0, 0.1) is 0 Å². The summed E-state index contributed by atoms with van der Waals surface area (Å²) in [5.41, 5.74) is 23.0. The lowest BCUT2D eigenvalue weighted by Crippen LogP contribution is -2.59. The lowest BCUT2D eigenvalue weighted by atomic mass is 9.34. The summed E-state index contributed by atoms with van der Waals surface area (Å²) in [5.74, 6) is 10.0. The van der Waals surface area contributed by atoms with E-state index in [0.717, 1.165) is 146 Å². The smallest absolute Gasteiger partial charge is 0.256 e. The van der Waals surface area contributed by atoms with E-state index in [2.05, 4.69) is 301 Å². The van der Waals surface area contributed by atoms with Crippen molar-refractivity contribution in [2.24, 2.45) is 0 Å². The number of anilines is 6. The summed E-state index contributed by atoms with van der Waals surface area (Å²) >= 11 is 6.63. The Kier molecular flexibility index (Phi) is 21.1. The molecule has 0 fully saturated rings. The molecule has 0 saturated heterocycles. The van der Waals surface area contributed by atoms with Crippen LogP contribution in [-0.4, -0.2) is 6.71 Å². The molecule has 16 heteroatoms. The zero-order chi connectivity index (χ0) is 94.6. The Balaban J connectivity index is 0.0000000972. The number of hydrogen-bond acceptors (Lipinski definition) is 12. The van der Waals surface area contributed by atoms with Crippen molar-refractivity contribution in [3.63, 3.8) is 0 Å². The van der Waals surface area contributed by atoms with E-state index < -0.39 is 20.3 Å². The summed E-state index contributed by atoms with van der Waals surface area (Å²) < 4.78 is 75.9. The Bertz CT molecular complexity index is 8370. The van der Waals surface area contributed by atoms with E-state index in [9.17, 15) is 0 Å². The van der Waals surface area contributed by atoms with Crippen LogP contribution in [0.25, 0.3) is 66.8 Å². The van der Waals surface area contributed by atoms with Gasteiger partial charge in [-0.25, -0.2) is 0 Å². The van der Waals surface area contributed by atoms with Crippen LogP contribution in [0.3, 0.4) is 0 Å². The Morgan fingerprint density at radius 2 is 0.570 bits per heavy atom. The first-order valence-corrected chi connectivity index (χ1v) is 53.5. The molecule has 0 amide bonds. The quantitative estimate of drug-likeness (QED) is 0.0962. The molecule has 8 aliphatic rings. The van der Waals surface area contributed by atoms with E-state index in [4.69, 9.17) is 45.0 Å². The molecular formula is C126H82BN2O9P3S. The van der Waals surface area contributed by atoms with Crippen LogP contribution in [0.15, 0.2) is 497 Å². The highest BCUT2D eigenvalue weighted by molar-refractivity contribution is 8.26. The standard InChI is InChI=1S/C36H25BN2O.2C30H19O3P.C30H19O2PS/c1-4-13-26(14-5-1)38(27-15-6-2-7-16-27)29-23-24-31-35(25-29)40-34-22-12-21-33-36(34)37(31)30-19-10-11-20-32(30)39(33)28-17-8-3-9-18-28;31-34-26-17-9-7-15-24(26)32-28-22(20-11-3-1-4-12-20)19-23(21-13-5-2-6-14-21)29(30(28)34)33-25-16-8-10-18-27(25)34;31-34-28-18-22(20-8-3-1-4-9-20)14-16-24(28)32-26-12-7-13-27(30(26)34)33-25-17-15-23(19-29(25)34)21-10-5-2-6-11-21;34-33-28-16-14-22(20-8-3-1-4-9-20)18-26(28)31-24-12-7-13-25(30(24)33)32-27-19-23(15-17-29(27)33)21-10-5-2-6-11-21/h1-25H;3*1-19H. The minimum Gasteiger partial charge on any atom is -0.458 e. The van der Waals surface area contributed by atoms with Gasteiger partial charge in [0.2, 0.25) is 0 Å². The predicted molar refractivity (Wildman–Crippen MR) is 584 cm³/mol. The van der Waals surface area contributed by atoms with Gasteiger partial charge < -0.3 is 52.1 Å². The minimum absolute atomic E-state index is 0.0852. The van der Waals surface area contributed by atoms with Gasteiger partial charge in [0, 0.05) is 61.9 Å². The number of ether oxygens (including phenoxy) is 7. The molecule has 142 heavy (non-hydrogen) atoms. The molecule has 674 valence electrons. The molecule has 0 saturated carbocycles. The molecule has 0 radical (unpaired) electrons. The lowest BCUT2D eigenvalue weighted by Gasteiger charge is -2.40. The van der Waals surface area contributed by atoms with Crippen molar-refractivity contribution in [3.8, 4) is 147 Å². The average Bonchev–Trinajstić information content (AvgIpc) is 0.703. The van der Waals surface area contributed by atoms with Crippen LogP contribution in [0.4, 0.5) is 34.1 Å². The average molecular weight is 1900 g/mol. The highest BCUT2D eigenvalue weighted by Gasteiger charge is 2.51. The summed E-state index contributed by atoms with van der Waals surface area (Å²) in [4.78, 5) is 4.64. The molecule has 29 rings (SSSR count). The summed E-state index contributed by atoms with van der Waals surface area (Å²) in [7, 11) is -6.52. The van der Waals surface area contributed by atoms with Crippen molar-refractivity contribution in [1.29, 1.82) is 0 Å². The summed E-state index contributed by atoms with van der Waals surface area (Å²) in [5, 5.41) is 7.32. The monoisotopic (exact) mass is 1900 g/mol. The molecule has 0 spiro atoms. The fourth-order valence-electron chi connectivity index (χ4n) is 21.0. The van der Waals surface area contributed by atoms with Gasteiger partial charge in [-0.2, -0.15) is 0 Å². The Morgan fingerprint density at radius 3 is 1.05 bits per heavy atom. The molecular weight excluding hydrogens is 1820 g/mol. The molecule has 8 aliphatic heterocycles. The first-order valence-electron chi connectivity index (χ1n) is 47.3. The normalized spacial score (nSPS) is 13.7. The van der Waals surface area contributed by atoms with Crippen molar-refractivity contribution in [3.05, 3.63) is 497 Å². The van der Waals surface area contributed by atoms with Crippen molar-refractivity contribution in [2.45, 2.75) is 0 Å². The fraction of sp³-hybridized carbons (Fsp3) is 0. The number of rotatable bonds is 10. The van der Waals surface area contributed by atoms with E-state index in [1.54, 1.807) is 0 Å². The molecule has 21 aromatic rings. The van der Waals surface area contributed by atoms with Gasteiger partial charge >= 0.3 is 0 Å². The van der Waals surface area contributed by atoms with Crippen LogP contribution in [0.5, 0.6) is 80.5 Å². The first kappa shape index (κ1) is 85.4. The highest BCUT2D eigenvalue weighted by Crippen LogP contribution is 2.64. The minimum atomic E-state index is -3.26. The summed E-state index contributed by atoms with van der Waals surface area (Å²) in [6.45, 7) is 0.0852. The Morgan fingerprint density at radius 1 is 0.218 bits per heavy atom. The molecule has 11 nitrogen and oxygen atoms in total. The Hall–Kier alpha value is -17.0. The van der Waals surface area contributed by atoms with Gasteiger partial charge in [-0.05, 0) is 236 Å². The van der Waals surface area contributed by atoms with Gasteiger partial charge in [0.1, 0.15) is 91.1 Å². The molecule has 0 bridgehead atoms. The number of benzene rings is 21. The SMILES string of the molecule is O=P12c3cc(-c4ccccc4)ccc3Oc3cccc(c31)Oc1ccc(-c3ccccc3)cc12.O=P12c3ccccc3Oc3c(-c4ccccc4)cc(-c4ccccc4)c(c31)Oc1ccccc12.S=P12c3ccc(-c4ccccc4)cc3Oc3cccc(c31)Oc1cc(-c3ccccc3)ccc12.c1ccc(N(c2ccccc2)c2ccc3c(c2)Oc2cccc4c2B3c2ccccc2N4c2ccccc2)cc1. The number of fused-ring (bicyclic) bond motifs is 16. The molecule has 8 heterocycles. The van der Waals surface area contributed by atoms with E-state index >= 15 is 9.13 Å². The molecule has 0 aliphatic carbocycles. The topological polar surface area (TPSA) is 105 Å². The number of nitrogens with zero attached hydrogens (tertiary/aromatic N) is 2. The zero-order valence-corrected chi connectivity index (χ0v) is 79.7. The maximum atomic E-state index is 15.3. The van der Waals surface area contributed by atoms with E-state index in [-0.39, 0.29) is 6.71 Å². The maximum Gasteiger partial charge on any atom is 0.256 e. The van der Waals surface area contributed by atoms with Crippen LogP contribution >= 0.6 is 20.3 Å². The fourth-order valence-corrected chi connectivity index (χ4v) is 31.7. The van der Waals surface area contributed by atoms with E-state index in [1.165, 1.54) is 22.1 Å². The van der Waals surface area contributed by atoms with Crippen LogP contribution in [0.2, 0.25) is 0 Å². The van der Waals surface area contributed by atoms with Crippen molar-refractivity contribution in [2.75, 3.05) is 9.80 Å². The van der Waals surface area contributed by atoms with E-state index in [0.29, 0.717) is 77.8 Å². The van der Waals surface area contributed by atoms with Crippen LogP contribution < -0.4 is 107 Å². The molecule has 0 N–H and O–H groups in total. The zero-order valence-electron chi connectivity index (χ0n) is 76.2. The van der Waals surface area contributed by atoms with Gasteiger partial charge in [-0.15, -0.1) is 0 Å². The van der Waals surface area contributed by atoms with Crippen LogP contribution in [-0.2, 0) is 20.9 Å². The predicted octanol–water partition coefficient (Wildman–Crippen LogP) is 28.3. The first-order chi connectivity index (χ1) is 70.0. The highest BCUT2D eigenvalue weighted by atomic mass is 32.4. The van der Waals surface area contributed by atoms with Crippen molar-refractivity contribution < 1.29 is 42.3 Å². The molecule has 21 aromatic carbocycles. The van der Waals surface area contributed by atoms with Gasteiger partial charge in [0.15, 0.2) is 14.3 Å². The third-order valence-corrected chi connectivity index (χ3v) is 38.6. The maximum absolute atomic E-state index is 15.3. The second-order valence-corrected chi connectivity index (χ2v) is 45.2. The van der Waals surface area contributed by atoms with Gasteiger partial charge in [-0.1, -0.05) is 339 Å². The summed E-state index contributed by atoms with van der Waals surface area (Å²) in [6, 6.07) is 166.